The van der Waals surface area contributed by atoms with Gasteiger partial charge in [-0.25, -0.2) is 4.98 Å². The van der Waals surface area contributed by atoms with Gasteiger partial charge in [-0.05, 0) is 31.4 Å². The number of methoxy groups -OCH3 is 1. The van der Waals surface area contributed by atoms with Crippen molar-refractivity contribution in [1.29, 1.82) is 0 Å². The number of benzene rings is 1. The molecule has 1 aromatic carbocycles. The van der Waals surface area contributed by atoms with E-state index >= 15 is 0 Å². The van der Waals surface area contributed by atoms with Gasteiger partial charge in [-0.3, -0.25) is 4.79 Å². The van der Waals surface area contributed by atoms with Crippen LogP contribution in [-0.2, 0) is 22.5 Å². The maximum atomic E-state index is 13.0. The van der Waals surface area contributed by atoms with Crippen molar-refractivity contribution in [3.05, 3.63) is 41.8 Å². The Morgan fingerprint density at radius 2 is 2.12 bits per heavy atom. The average molecular weight is 355 g/mol. The van der Waals surface area contributed by atoms with Gasteiger partial charge in [0.25, 0.3) is 0 Å². The summed E-state index contributed by atoms with van der Waals surface area (Å²) < 4.78 is 11.4. The number of nitrogens with two attached hydrogens (primary N) is 1. The van der Waals surface area contributed by atoms with Gasteiger partial charge in [0.1, 0.15) is 11.5 Å². The van der Waals surface area contributed by atoms with Crippen molar-refractivity contribution >= 4 is 5.91 Å². The van der Waals surface area contributed by atoms with Crippen molar-refractivity contribution in [3.8, 4) is 11.5 Å². The van der Waals surface area contributed by atoms with E-state index in [9.17, 15) is 4.79 Å². The fraction of sp³-hybridized carbons (Fsp3) is 0.500. The fourth-order valence-electron chi connectivity index (χ4n) is 4.00. The van der Waals surface area contributed by atoms with Crippen molar-refractivity contribution in [2.45, 2.75) is 44.4 Å². The number of rotatable bonds is 3. The van der Waals surface area contributed by atoms with Crippen LogP contribution in [0.2, 0.25) is 0 Å². The highest BCUT2D eigenvalue weighted by Gasteiger charge is 2.36. The minimum atomic E-state index is -0.0326. The average Bonchev–Trinajstić information content (AvgIpc) is 3.12. The molecule has 2 N–H and O–H groups in total. The zero-order valence-electron chi connectivity index (χ0n) is 15.1. The molecular weight excluding hydrogens is 330 g/mol. The zero-order chi connectivity index (χ0) is 18.1. The Hall–Kier alpha value is -2.18. The maximum absolute atomic E-state index is 13.0. The number of hydrogen-bond donors (Lipinski definition) is 1. The van der Waals surface area contributed by atoms with E-state index in [-0.39, 0.29) is 24.0 Å². The molecule has 0 radical (unpaired) electrons. The Morgan fingerprint density at radius 3 is 2.88 bits per heavy atom. The van der Waals surface area contributed by atoms with Gasteiger partial charge in [-0.15, -0.1) is 0 Å². The molecule has 0 saturated heterocycles. The van der Waals surface area contributed by atoms with E-state index in [2.05, 4.69) is 4.98 Å². The molecule has 0 bridgehead atoms. The maximum Gasteiger partial charge on any atom is 0.226 e. The van der Waals surface area contributed by atoms with Crippen LogP contribution in [-0.4, -0.2) is 41.6 Å². The number of hydrogen-bond acceptors (Lipinski definition) is 5. The highest BCUT2D eigenvalue weighted by molar-refractivity contribution is 5.79. The molecule has 138 valence electrons. The van der Waals surface area contributed by atoms with Crippen LogP contribution in [0.25, 0.3) is 11.5 Å². The number of aromatic nitrogens is 1. The second-order valence-corrected chi connectivity index (χ2v) is 7.21. The summed E-state index contributed by atoms with van der Waals surface area (Å²) in [6.45, 7) is 1.19. The predicted molar refractivity (Wildman–Crippen MR) is 97.2 cm³/mol. The van der Waals surface area contributed by atoms with Crippen LogP contribution in [0, 0.1) is 5.92 Å². The lowest BCUT2D eigenvalue weighted by atomic mass is 9.83. The van der Waals surface area contributed by atoms with Crippen LogP contribution in [0.3, 0.4) is 0 Å². The van der Waals surface area contributed by atoms with Gasteiger partial charge in [0, 0.05) is 37.6 Å². The van der Waals surface area contributed by atoms with E-state index in [0.29, 0.717) is 31.8 Å². The van der Waals surface area contributed by atoms with E-state index in [1.807, 2.05) is 35.2 Å². The molecule has 2 heterocycles. The lowest BCUT2D eigenvalue weighted by Crippen LogP contribution is -2.47. The standard InChI is InChI=1S/C20H25N3O3/c1-25-18-11-14(7-8-15(18)21)20(24)23-10-9-17-16(12-23)22-19(26-17)13-5-3-2-4-6-13/h2-6,14-15,18H,7-12,21H2,1H3/t14-,15-,18-/m0/s1. The molecule has 0 unspecified atom stereocenters. The van der Waals surface area contributed by atoms with Crippen molar-refractivity contribution in [2.24, 2.45) is 11.7 Å². The molecular formula is C20H25N3O3. The number of nitrogens with zero attached hydrogens (tertiary/aromatic N) is 2. The number of oxazole rings is 1. The van der Waals surface area contributed by atoms with E-state index in [0.717, 1.165) is 29.9 Å². The van der Waals surface area contributed by atoms with Gasteiger partial charge >= 0.3 is 0 Å². The Bertz CT molecular complexity index is 774. The van der Waals surface area contributed by atoms with Gasteiger partial charge in [0.2, 0.25) is 11.8 Å². The van der Waals surface area contributed by atoms with Gasteiger partial charge in [-0.2, -0.15) is 0 Å². The van der Waals surface area contributed by atoms with Crippen molar-refractivity contribution < 1.29 is 13.9 Å². The van der Waals surface area contributed by atoms with Gasteiger partial charge in [0.05, 0.1) is 12.6 Å². The van der Waals surface area contributed by atoms with Crippen LogP contribution < -0.4 is 5.73 Å². The zero-order valence-corrected chi connectivity index (χ0v) is 15.1. The number of amides is 1. The SMILES string of the molecule is CO[C@H]1C[C@@H](C(=O)N2CCc3oc(-c4ccccc4)nc3C2)CC[C@@H]1N. The Balaban J connectivity index is 1.46. The smallest absolute Gasteiger partial charge is 0.226 e. The summed E-state index contributed by atoms with van der Waals surface area (Å²) in [6.07, 6.45) is 3.04. The highest BCUT2D eigenvalue weighted by Crippen LogP contribution is 2.30. The van der Waals surface area contributed by atoms with Crippen molar-refractivity contribution in [3.63, 3.8) is 0 Å². The summed E-state index contributed by atoms with van der Waals surface area (Å²) >= 11 is 0. The summed E-state index contributed by atoms with van der Waals surface area (Å²) in [4.78, 5) is 19.5. The normalized spacial score (nSPS) is 25.8. The first-order valence-electron chi connectivity index (χ1n) is 9.27. The monoisotopic (exact) mass is 355 g/mol. The summed E-state index contributed by atoms with van der Waals surface area (Å²) in [6, 6.07) is 9.90. The molecule has 2 aliphatic rings. The van der Waals surface area contributed by atoms with Crippen LogP contribution in [0.5, 0.6) is 0 Å². The summed E-state index contributed by atoms with van der Waals surface area (Å²) in [5.74, 6) is 1.71. The number of ether oxygens (including phenoxy) is 1. The summed E-state index contributed by atoms with van der Waals surface area (Å²) in [5.41, 5.74) is 7.92. The van der Waals surface area contributed by atoms with Crippen LogP contribution in [0.1, 0.15) is 30.7 Å². The first-order valence-corrected chi connectivity index (χ1v) is 9.27. The second kappa shape index (κ2) is 7.21. The molecule has 26 heavy (non-hydrogen) atoms. The molecule has 3 atom stereocenters. The highest BCUT2D eigenvalue weighted by atomic mass is 16.5. The lowest BCUT2D eigenvalue weighted by Gasteiger charge is -2.36. The van der Waals surface area contributed by atoms with E-state index < -0.39 is 0 Å². The van der Waals surface area contributed by atoms with Crippen LogP contribution >= 0.6 is 0 Å². The molecule has 6 heteroatoms. The number of carbonyl (C=O) groups excluding carboxylic acids is 1. The molecule has 6 nitrogen and oxygen atoms in total. The third-order valence-electron chi connectivity index (χ3n) is 5.55. The molecule has 0 spiro atoms. The third-order valence-corrected chi connectivity index (χ3v) is 5.55. The Morgan fingerprint density at radius 1 is 1.31 bits per heavy atom. The van der Waals surface area contributed by atoms with Crippen LogP contribution in [0.15, 0.2) is 34.7 Å². The molecule has 1 saturated carbocycles. The molecule has 1 aliphatic heterocycles. The lowest BCUT2D eigenvalue weighted by molar-refractivity contribution is -0.139. The molecule has 1 aliphatic carbocycles. The molecule has 1 aromatic heterocycles. The molecule has 1 amide bonds. The summed E-state index contributed by atoms with van der Waals surface area (Å²) in [5, 5.41) is 0. The predicted octanol–water partition coefficient (Wildman–Crippen LogP) is 2.37. The fourth-order valence-corrected chi connectivity index (χ4v) is 4.00. The van der Waals surface area contributed by atoms with Gasteiger partial charge in [0.15, 0.2) is 0 Å². The Labute approximate surface area is 153 Å². The van der Waals surface area contributed by atoms with E-state index in [1.165, 1.54) is 0 Å². The first kappa shape index (κ1) is 17.2. The quantitative estimate of drug-likeness (QED) is 0.914. The first-order chi connectivity index (χ1) is 12.7. The van der Waals surface area contributed by atoms with Gasteiger partial charge < -0.3 is 19.8 Å². The number of carbonyl (C=O) groups is 1. The topological polar surface area (TPSA) is 81.6 Å². The minimum absolute atomic E-state index is 0.0122. The number of fused-ring (bicyclic) bond motifs is 1. The van der Waals surface area contributed by atoms with Crippen molar-refractivity contribution in [2.75, 3.05) is 13.7 Å². The second-order valence-electron chi connectivity index (χ2n) is 7.21. The van der Waals surface area contributed by atoms with E-state index in [1.54, 1.807) is 7.11 Å². The van der Waals surface area contributed by atoms with Gasteiger partial charge in [-0.1, -0.05) is 18.2 Å². The van der Waals surface area contributed by atoms with Crippen molar-refractivity contribution in [1.82, 2.24) is 9.88 Å². The minimum Gasteiger partial charge on any atom is -0.441 e. The molecule has 4 rings (SSSR count). The van der Waals surface area contributed by atoms with Crippen LogP contribution in [0.4, 0.5) is 0 Å². The molecule has 2 aromatic rings. The molecule has 1 fully saturated rings. The largest absolute Gasteiger partial charge is 0.441 e. The van der Waals surface area contributed by atoms with E-state index in [4.69, 9.17) is 14.9 Å². The summed E-state index contributed by atoms with van der Waals surface area (Å²) in [7, 11) is 1.67. The Kier molecular flexibility index (Phi) is 4.78. The third kappa shape index (κ3) is 3.27.